The van der Waals surface area contributed by atoms with Gasteiger partial charge in [0.2, 0.25) is 0 Å². The van der Waals surface area contributed by atoms with Crippen molar-refractivity contribution in [3.8, 4) is 16.9 Å². The molecule has 4 nitrogen and oxygen atoms in total. The molecule has 0 amide bonds. The molecule has 51 heavy (non-hydrogen) atoms. The SMILES string of the molecule is CC(C)(C)c1ccnc(-n2c3ccccc3c3ccc(Cc4cccc(N5CN(c6ccccc6-c6ccccc6)c6ccccc65)c4)cc32)c1. The summed E-state index contributed by atoms with van der Waals surface area (Å²) in [6, 6.07) is 57.2. The second-order valence-electron chi connectivity index (χ2n) is 14.6. The minimum Gasteiger partial charge on any atom is -0.321 e. The molecule has 0 bridgehead atoms. The molecule has 0 saturated heterocycles. The molecule has 1 aliphatic rings. The van der Waals surface area contributed by atoms with Crippen molar-refractivity contribution in [1.29, 1.82) is 0 Å². The topological polar surface area (TPSA) is 24.3 Å². The number of para-hydroxylation sites is 4. The van der Waals surface area contributed by atoms with Gasteiger partial charge in [0, 0.05) is 28.2 Å². The molecular formula is C47H40N4. The normalized spacial score (nSPS) is 12.9. The fourth-order valence-corrected chi connectivity index (χ4v) is 7.66. The van der Waals surface area contributed by atoms with E-state index in [0.717, 1.165) is 18.9 Å². The maximum atomic E-state index is 4.89. The van der Waals surface area contributed by atoms with Crippen LogP contribution in [0.15, 0.2) is 164 Å². The van der Waals surface area contributed by atoms with Crippen LogP contribution in [0.2, 0.25) is 0 Å². The molecule has 6 aromatic carbocycles. The Labute approximate surface area is 299 Å². The first-order valence-electron chi connectivity index (χ1n) is 17.8. The van der Waals surface area contributed by atoms with Gasteiger partial charge in [-0.15, -0.1) is 0 Å². The van der Waals surface area contributed by atoms with Crippen molar-refractivity contribution in [3.63, 3.8) is 0 Å². The summed E-state index contributed by atoms with van der Waals surface area (Å²) in [5.41, 5.74) is 13.5. The van der Waals surface area contributed by atoms with Gasteiger partial charge in [0.15, 0.2) is 0 Å². The number of fused-ring (bicyclic) bond motifs is 4. The van der Waals surface area contributed by atoms with Gasteiger partial charge >= 0.3 is 0 Å². The highest BCUT2D eigenvalue weighted by Gasteiger charge is 2.29. The Bertz CT molecular complexity index is 2540. The Balaban J connectivity index is 1.07. The maximum absolute atomic E-state index is 4.89. The number of rotatable bonds is 6. The standard InChI is InChI=1S/C47H40N4/c1-47(2,3)36-26-27-48-46(31-36)51-42-21-10-8-19-39(42)40-25-24-34(30-45(40)51)28-33-14-13-17-37(29-33)49-32-50(44-23-12-11-22-43(44)49)41-20-9-7-18-38(41)35-15-5-4-6-16-35/h4-27,29-31H,28,32H2,1-3H3. The molecular weight excluding hydrogens is 621 g/mol. The highest BCUT2D eigenvalue weighted by molar-refractivity contribution is 6.09. The number of pyridine rings is 1. The third-order valence-electron chi connectivity index (χ3n) is 10.2. The molecule has 0 atom stereocenters. The van der Waals surface area contributed by atoms with Crippen molar-refractivity contribution < 1.29 is 0 Å². The minimum atomic E-state index is 0.0325. The van der Waals surface area contributed by atoms with Gasteiger partial charge in [-0.2, -0.15) is 0 Å². The zero-order valence-electron chi connectivity index (χ0n) is 29.3. The quantitative estimate of drug-likeness (QED) is 0.177. The fraction of sp³-hybridized carbons (Fsp3) is 0.128. The molecule has 2 aromatic heterocycles. The number of hydrogen-bond donors (Lipinski definition) is 0. The first-order valence-corrected chi connectivity index (χ1v) is 17.8. The third-order valence-corrected chi connectivity index (χ3v) is 10.2. The van der Waals surface area contributed by atoms with Crippen molar-refractivity contribution in [2.45, 2.75) is 32.6 Å². The predicted octanol–water partition coefficient (Wildman–Crippen LogP) is 12.0. The lowest BCUT2D eigenvalue weighted by atomic mass is 9.88. The van der Waals surface area contributed by atoms with Crippen molar-refractivity contribution in [2.24, 2.45) is 0 Å². The Morgan fingerprint density at radius 1 is 0.549 bits per heavy atom. The minimum absolute atomic E-state index is 0.0325. The first kappa shape index (κ1) is 30.9. The molecule has 8 aromatic rings. The molecule has 0 N–H and O–H groups in total. The van der Waals surface area contributed by atoms with Crippen molar-refractivity contribution >= 4 is 44.6 Å². The van der Waals surface area contributed by atoms with Crippen LogP contribution in [0.25, 0.3) is 38.8 Å². The number of anilines is 4. The lowest BCUT2D eigenvalue weighted by Gasteiger charge is -2.24. The smallest absolute Gasteiger partial charge is 0.137 e. The predicted molar refractivity (Wildman–Crippen MR) is 214 cm³/mol. The zero-order valence-corrected chi connectivity index (χ0v) is 29.3. The van der Waals surface area contributed by atoms with Gasteiger partial charge in [0.1, 0.15) is 12.5 Å². The van der Waals surface area contributed by atoms with E-state index in [-0.39, 0.29) is 5.41 Å². The van der Waals surface area contributed by atoms with Gasteiger partial charge in [0.25, 0.3) is 0 Å². The van der Waals surface area contributed by atoms with Crippen molar-refractivity contribution in [2.75, 3.05) is 16.5 Å². The summed E-state index contributed by atoms with van der Waals surface area (Å²) in [5, 5.41) is 2.49. The molecule has 0 aliphatic carbocycles. The van der Waals surface area contributed by atoms with Crippen LogP contribution in [-0.2, 0) is 11.8 Å². The fourth-order valence-electron chi connectivity index (χ4n) is 7.66. The third kappa shape index (κ3) is 5.54. The van der Waals surface area contributed by atoms with Crippen LogP contribution in [0.5, 0.6) is 0 Å². The van der Waals surface area contributed by atoms with Crippen LogP contribution in [-0.4, -0.2) is 16.2 Å². The zero-order chi connectivity index (χ0) is 34.5. The first-order chi connectivity index (χ1) is 24.9. The van der Waals surface area contributed by atoms with E-state index >= 15 is 0 Å². The van der Waals surface area contributed by atoms with Crippen molar-refractivity contribution in [1.82, 2.24) is 9.55 Å². The van der Waals surface area contributed by atoms with Crippen LogP contribution in [0.4, 0.5) is 22.7 Å². The van der Waals surface area contributed by atoms with E-state index in [9.17, 15) is 0 Å². The molecule has 3 heterocycles. The summed E-state index contributed by atoms with van der Waals surface area (Å²) in [5.74, 6) is 0.957. The highest BCUT2D eigenvalue weighted by Crippen LogP contribution is 2.46. The highest BCUT2D eigenvalue weighted by atomic mass is 15.4. The van der Waals surface area contributed by atoms with E-state index in [0.29, 0.717) is 0 Å². The van der Waals surface area contributed by atoms with E-state index in [1.54, 1.807) is 0 Å². The van der Waals surface area contributed by atoms with Crippen LogP contribution in [0.1, 0.15) is 37.5 Å². The van der Waals surface area contributed by atoms with Gasteiger partial charge in [-0.1, -0.05) is 124 Å². The lowest BCUT2D eigenvalue weighted by Crippen LogP contribution is -2.24. The summed E-state index contributed by atoms with van der Waals surface area (Å²) >= 11 is 0. The second kappa shape index (κ2) is 12.3. The lowest BCUT2D eigenvalue weighted by molar-refractivity contribution is 0.588. The van der Waals surface area contributed by atoms with Crippen LogP contribution < -0.4 is 9.80 Å². The molecule has 9 rings (SSSR count). The Hall–Kier alpha value is -6.13. The van der Waals surface area contributed by atoms with E-state index in [1.807, 2.05) is 6.20 Å². The molecule has 0 saturated carbocycles. The van der Waals surface area contributed by atoms with E-state index < -0.39 is 0 Å². The maximum Gasteiger partial charge on any atom is 0.137 e. The average molecular weight is 661 g/mol. The van der Waals surface area contributed by atoms with E-state index in [1.165, 1.54) is 72.4 Å². The largest absolute Gasteiger partial charge is 0.321 e. The van der Waals surface area contributed by atoms with E-state index in [2.05, 4.69) is 193 Å². The second-order valence-corrected chi connectivity index (χ2v) is 14.6. The van der Waals surface area contributed by atoms with Gasteiger partial charge in [-0.25, -0.2) is 4.98 Å². The van der Waals surface area contributed by atoms with Gasteiger partial charge in [0.05, 0.1) is 28.1 Å². The average Bonchev–Trinajstić information content (AvgIpc) is 3.71. The number of aromatic nitrogens is 2. The summed E-state index contributed by atoms with van der Waals surface area (Å²) in [7, 11) is 0. The Kier molecular flexibility index (Phi) is 7.47. The van der Waals surface area contributed by atoms with Crippen LogP contribution in [0.3, 0.4) is 0 Å². The van der Waals surface area contributed by atoms with Gasteiger partial charge in [-0.05, 0) is 88.7 Å². The summed E-state index contributed by atoms with van der Waals surface area (Å²) in [4.78, 5) is 9.77. The van der Waals surface area contributed by atoms with Crippen LogP contribution in [0, 0.1) is 0 Å². The molecule has 0 spiro atoms. The van der Waals surface area contributed by atoms with Gasteiger partial charge < -0.3 is 9.80 Å². The molecule has 248 valence electrons. The number of benzene rings is 6. The summed E-state index contributed by atoms with van der Waals surface area (Å²) in [6.07, 6.45) is 2.78. The van der Waals surface area contributed by atoms with Crippen molar-refractivity contribution in [3.05, 3.63) is 181 Å². The van der Waals surface area contributed by atoms with Gasteiger partial charge in [-0.3, -0.25) is 4.57 Å². The summed E-state index contributed by atoms with van der Waals surface area (Å²) in [6.45, 7) is 7.50. The molecule has 1 aliphatic heterocycles. The monoisotopic (exact) mass is 660 g/mol. The van der Waals surface area contributed by atoms with Crippen LogP contribution >= 0.6 is 0 Å². The number of nitrogens with zero attached hydrogens (tertiary/aromatic N) is 4. The molecule has 4 heteroatoms. The Morgan fingerprint density at radius 3 is 2.06 bits per heavy atom. The number of hydrogen-bond acceptors (Lipinski definition) is 3. The van der Waals surface area contributed by atoms with E-state index in [4.69, 9.17) is 4.98 Å². The molecule has 0 radical (unpaired) electrons. The Morgan fingerprint density at radius 2 is 1.24 bits per heavy atom. The summed E-state index contributed by atoms with van der Waals surface area (Å²) < 4.78 is 2.34. The molecule has 0 fully saturated rings. The molecule has 0 unspecified atom stereocenters.